The van der Waals surface area contributed by atoms with Gasteiger partial charge in [-0.05, 0) is 141 Å². The maximum atomic E-state index is 13.3. The normalized spacial score (nSPS) is 26.1. The van der Waals surface area contributed by atoms with Crippen molar-refractivity contribution in [2.45, 2.75) is 129 Å². The van der Waals surface area contributed by atoms with Crippen LogP contribution >= 0.6 is 0 Å². The van der Waals surface area contributed by atoms with Gasteiger partial charge in [0.15, 0.2) is 0 Å². The molecule has 4 aliphatic carbocycles. The lowest BCUT2D eigenvalue weighted by molar-refractivity contribution is -0.146. The molecule has 4 fully saturated rings. The minimum atomic E-state index is 0.000897. The first-order valence-corrected chi connectivity index (χ1v) is 17.0. The second-order valence-electron chi connectivity index (χ2n) is 13.5. The van der Waals surface area contributed by atoms with Gasteiger partial charge in [0.1, 0.15) is 0 Å². The summed E-state index contributed by atoms with van der Waals surface area (Å²) in [5.74, 6) is 2.93. The average molecular weight is 533 g/mol. The van der Waals surface area contributed by atoms with Crippen molar-refractivity contribution >= 4 is 5.91 Å². The van der Waals surface area contributed by atoms with Gasteiger partial charge in [-0.15, -0.1) is 0 Å². The molecule has 5 nitrogen and oxygen atoms in total. The monoisotopic (exact) mass is 533 g/mol. The Balaban J connectivity index is 1.35. The molecule has 3 N–H and O–H groups in total. The van der Waals surface area contributed by atoms with E-state index < -0.39 is 0 Å². The second kappa shape index (κ2) is 17.9. The quantitative estimate of drug-likeness (QED) is 0.146. The Morgan fingerprint density at radius 3 is 1.53 bits per heavy atom. The summed E-state index contributed by atoms with van der Waals surface area (Å²) in [6.07, 6.45) is 23.2. The van der Waals surface area contributed by atoms with Gasteiger partial charge in [0, 0.05) is 12.0 Å². The summed E-state index contributed by atoms with van der Waals surface area (Å²) in [5.41, 5.74) is 5.81. The van der Waals surface area contributed by atoms with Gasteiger partial charge in [-0.1, -0.05) is 52.4 Å². The highest BCUT2D eigenvalue weighted by atomic mass is 16.2. The van der Waals surface area contributed by atoms with Crippen molar-refractivity contribution in [3.8, 4) is 0 Å². The summed E-state index contributed by atoms with van der Waals surface area (Å²) in [5, 5.41) is 3.42. The molecule has 4 aliphatic rings. The van der Waals surface area contributed by atoms with Crippen LogP contribution in [-0.4, -0.2) is 68.1 Å². The first kappa shape index (κ1) is 31.9. The van der Waals surface area contributed by atoms with E-state index in [1.165, 1.54) is 129 Å². The van der Waals surface area contributed by atoms with Gasteiger partial charge in [-0.2, -0.15) is 0 Å². The van der Waals surface area contributed by atoms with Gasteiger partial charge in [0.2, 0.25) is 5.91 Å². The zero-order valence-corrected chi connectivity index (χ0v) is 25.5. The molecule has 4 bridgehead atoms. The summed E-state index contributed by atoms with van der Waals surface area (Å²) in [4.78, 5) is 18.7. The topological polar surface area (TPSA) is 61.6 Å². The van der Waals surface area contributed by atoms with E-state index in [9.17, 15) is 4.79 Å². The fourth-order valence-electron chi connectivity index (χ4n) is 8.26. The maximum absolute atomic E-state index is 13.3. The number of unbranched alkanes of at least 4 members (excludes halogenated alkanes) is 7. The van der Waals surface area contributed by atoms with Gasteiger partial charge in [0.25, 0.3) is 0 Å². The molecule has 0 aromatic rings. The zero-order chi connectivity index (χ0) is 27.1. The summed E-state index contributed by atoms with van der Waals surface area (Å²) in [6, 6.07) is 0. The molecular formula is C33H64N4O. The third kappa shape index (κ3) is 10.7. The molecule has 0 heterocycles. The molecule has 0 unspecified atom stereocenters. The lowest BCUT2D eigenvalue weighted by atomic mass is 9.49. The number of carbonyl (C=O) groups is 1. The molecule has 38 heavy (non-hydrogen) atoms. The molecule has 4 saturated carbocycles. The number of nitrogens with zero attached hydrogens (tertiary/aromatic N) is 2. The number of nitrogens with two attached hydrogens (primary N) is 1. The van der Waals surface area contributed by atoms with Crippen molar-refractivity contribution in [2.75, 3.05) is 52.4 Å². The van der Waals surface area contributed by atoms with Gasteiger partial charge < -0.3 is 20.9 Å². The van der Waals surface area contributed by atoms with E-state index in [4.69, 9.17) is 5.73 Å². The van der Waals surface area contributed by atoms with E-state index in [0.29, 0.717) is 5.91 Å². The highest BCUT2D eigenvalue weighted by Gasteiger charge is 2.54. The Hall–Kier alpha value is -0.650. The largest absolute Gasteiger partial charge is 0.356 e. The predicted octanol–water partition coefficient (Wildman–Crippen LogP) is 6.60. The predicted molar refractivity (Wildman–Crippen MR) is 162 cm³/mol. The Labute approximate surface area is 236 Å². The van der Waals surface area contributed by atoms with E-state index in [0.717, 1.165) is 56.8 Å². The van der Waals surface area contributed by atoms with Crippen LogP contribution in [-0.2, 0) is 4.79 Å². The SMILES string of the molecule is CCCCCCN(CCCN)CCCCN(CCCCCC)CCCNC(=O)C12CC3CC(CC(C3)C1)C2. The van der Waals surface area contributed by atoms with E-state index in [-0.39, 0.29) is 5.41 Å². The number of hydrogen-bond acceptors (Lipinski definition) is 4. The van der Waals surface area contributed by atoms with Crippen LogP contribution in [0, 0.1) is 23.2 Å². The number of nitrogens with one attached hydrogen (secondary N) is 1. The van der Waals surface area contributed by atoms with Crippen molar-refractivity contribution in [3.63, 3.8) is 0 Å². The molecule has 5 heteroatoms. The number of rotatable bonds is 23. The highest BCUT2D eigenvalue weighted by molar-refractivity contribution is 5.83. The van der Waals surface area contributed by atoms with Crippen LogP contribution in [0.2, 0.25) is 0 Å². The average Bonchev–Trinajstić information content (AvgIpc) is 2.90. The van der Waals surface area contributed by atoms with E-state index in [2.05, 4.69) is 29.0 Å². The van der Waals surface area contributed by atoms with E-state index >= 15 is 0 Å². The lowest BCUT2D eigenvalue weighted by Gasteiger charge is -2.55. The molecule has 0 saturated heterocycles. The van der Waals surface area contributed by atoms with Crippen molar-refractivity contribution in [3.05, 3.63) is 0 Å². The van der Waals surface area contributed by atoms with Gasteiger partial charge in [-0.25, -0.2) is 0 Å². The van der Waals surface area contributed by atoms with Gasteiger partial charge in [0.05, 0.1) is 0 Å². The molecule has 0 aromatic carbocycles. The molecule has 0 aliphatic heterocycles. The molecule has 1 amide bonds. The third-order valence-corrected chi connectivity index (χ3v) is 9.99. The number of hydrogen-bond donors (Lipinski definition) is 2. The minimum absolute atomic E-state index is 0.000897. The number of carbonyl (C=O) groups excluding carboxylic acids is 1. The molecule has 0 spiro atoms. The van der Waals surface area contributed by atoms with E-state index in [1.54, 1.807) is 0 Å². The smallest absolute Gasteiger partial charge is 0.226 e. The Morgan fingerprint density at radius 2 is 1.08 bits per heavy atom. The zero-order valence-electron chi connectivity index (χ0n) is 25.5. The minimum Gasteiger partial charge on any atom is -0.356 e. The maximum Gasteiger partial charge on any atom is 0.226 e. The summed E-state index contributed by atoms with van der Waals surface area (Å²) >= 11 is 0. The number of amides is 1. The highest BCUT2D eigenvalue weighted by Crippen LogP contribution is 2.60. The van der Waals surface area contributed by atoms with Crippen molar-refractivity contribution in [2.24, 2.45) is 28.9 Å². The van der Waals surface area contributed by atoms with Crippen LogP contribution in [0.1, 0.15) is 129 Å². The second-order valence-corrected chi connectivity index (χ2v) is 13.5. The summed E-state index contributed by atoms with van der Waals surface area (Å²) in [7, 11) is 0. The van der Waals surface area contributed by atoms with Crippen LogP contribution in [0.4, 0.5) is 0 Å². The third-order valence-electron chi connectivity index (χ3n) is 9.99. The fraction of sp³-hybridized carbons (Fsp3) is 0.970. The van der Waals surface area contributed by atoms with Crippen molar-refractivity contribution < 1.29 is 4.79 Å². The molecular weight excluding hydrogens is 468 g/mol. The first-order chi connectivity index (χ1) is 18.6. The van der Waals surface area contributed by atoms with Crippen molar-refractivity contribution in [1.82, 2.24) is 15.1 Å². The van der Waals surface area contributed by atoms with Crippen LogP contribution in [0.5, 0.6) is 0 Å². The molecule has 0 radical (unpaired) electrons. The van der Waals surface area contributed by atoms with Gasteiger partial charge in [-0.3, -0.25) is 4.79 Å². The van der Waals surface area contributed by atoms with E-state index in [1.807, 2.05) is 0 Å². The molecule has 0 atom stereocenters. The van der Waals surface area contributed by atoms with Crippen molar-refractivity contribution in [1.29, 1.82) is 0 Å². The van der Waals surface area contributed by atoms with Gasteiger partial charge >= 0.3 is 0 Å². The molecule has 0 aromatic heterocycles. The van der Waals surface area contributed by atoms with Crippen LogP contribution in [0.15, 0.2) is 0 Å². The van der Waals surface area contributed by atoms with Crippen LogP contribution in [0.3, 0.4) is 0 Å². The molecule has 4 rings (SSSR count). The van der Waals surface area contributed by atoms with Crippen LogP contribution < -0.4 is 11.1 Å². The summed E-state index contributed by atoms with van der Waals surface area (Å²) in [6.45, 7) is 13.4. The Kier molecular flexibility index (Phi) is 15.0. The Bertz CT molecular complexity index is 603. The fourth-order valence-corrected chi connectivity index (χ4v) is 8.26. The molecule has 222 valence electrons. The first-order valence-electron chi connectivity index (χ1n) is 17.0. The lowest BCUT2D eigenvalue weighted by Crippen LogP contribution is -2.53. The summed E-state index contributed by atoms with van der Waals surface area (Å²) < 4.78 is 0. The Morgan fingerprint density at radius 1 is 0.658 bits per heavy atom. The standard InChI is InChI=1S/C33H64N4O/c1-3-5-7-9-17-36(21-13-15-34)19-11-12-20-37(18-10-8-6-4-2)22-14-16-35-32(38)33-26-29-23-30(27-33)25-31(24-29)28-33/h29-31H,3-28,34H2,1-2H3,(H,35,38). The van der Waals surface area contributed by atoms with Crippen LogP contribution in [0.25, 0.3) is 0 Å².